The molecule has 0 spiro atoms. The van der Waals surface area contributed by atoms with E-state index in [4.69, 9.17) is 0 Å². The van der Waals surface area contributed by atoms with Crippen LogP contribution in [-0.4, -0.2) is 0 Å². The summed E-state index contributed by atoms with van der Waals surface area (Å²) in [5, 5.41) is 5.70. The summed E-state index contributed by atoms with van der Waals surface area (Å²) in [7, 11) is 0. The van der Waals surface area contributed by atoms with Crippen LogP contribution in [0.2, 0.25) is 0 Å². The molecule has 4 heteroatoms. The molecule has 0 fully saturated rings. The molecule has 0 radical (unpaired) electrons. The Morgan fingerprint density at radius 3 is 1.20 bits per heavy atom. The SMILES string of the molecule is CCCCCc1cc2c(ccc3sc(-c4ccc(-c5cc6c(ccc7sc(CCCCC)cc76)s5)cc4)cc32)s1. The molecule has 7 rings (SSSR count). The van der Waals surface area contributed by atoms with Crippen LogP contribution < -0.4 is 0 Å². The van der Waals surface area contributed by atoms with Crippen LogP contribution in [0.5, 0.6) is 0 Å². The van der Waals surface area contributed by atoms with Gasteiger partial charge in [-0.3, -0.25) is 0 Å². The van der Waals surface area contributed by atoms with E-state index in [1.54, 1.807) is 0 Å². The Kier molecular flexibility index (Phi) is 7.53. The maximum atomic E-state index is 2.46. The van der Waals surface area contributed by atoms with Crippen molar-refractivity contribution in [2.45, 2.75) is 65.2 Å². The highest BCUT2D eigenvalue weighted by atomic mass is 32.1. The number of unbranched alkanes of at least 4 members (excludes halogenated alkanes) is 4. The first-order valence-electron chi connectivity index (χ1n) is 14.7. The second kappa shape index (κ2) is 11.4. The highest BCUT2D eigenvalue weighted by Gasteiger charge is 2.13. The third-order valence-electron chi connectivity index (χ3n) is 8.01. The highest BCUT2D eigenvalue weighted by molar-refractivity contribution is 7.23. The lowest BCUT2D eigenvalue weighted by molar-refractivity contribution is 0.723. The number of thiophene rings is 4. The summed E-state index contributed by atoms with van der Waals surface area (Å²) in [5.74, 6) is 0. The first-order chi connectivity index (χ1) is 19.7. The molecule has 0 nitrogen and oxygen atoms in total. The Morgan fingerprint density at radius 1 is 0.425 bits per heavy atom. The number of fused-ring (bicyclic) bond motifs is 6. The molecule has 0 saturated carbocycles. The molecular formula is C36H34S4. The molecule has 7 aromatic rings. The number of benzene rings is 3. The lowest BCUT2D eigenvalue weighted by atomic mass is 10.1. The largest absolute Gasteiger partial charge is 0.140 e. The third kappa shape index (κ3) is 5.05. The van der Waals surface area contributed by atoms with Gasteiger partial charge >= 0.3 is 0 Å². The predicted octanol–water partition coefficient (Wildman–Crippen LogP) is 13.3. The summed E-state index contributed by atoms with van der Waals surface area (Å²) in [5.41, 5.74) is 2.63. The fraction of sp³-hybridized carbons (Fsp3) is 0.278. The molecule has 0 N–H and O–H groups in total. The van der Waals surface area contributed by atoms with Crippen molar-refractivity contribution >= 4 is 85.7 Å². The van der Waals surface area contributed by atoms with Crippen LogP contribution in [0.25, 0.3) is 61.2 Å². The zero-order chi connectivity index (χ0) is 27.1. The fourth-order valence-corrected chi connectivity index (χ4v) is 10.2. The zero-order valence-corrected chi connectivity index (χ0v) is 26.5. The summed E-state index contributed by atoms with van der Waals surface area (Å²) >= 11 is 7.80. The van der Waals surface area contributed by atoms with Crippen LogP contribution in [-0.2, 0) is 12.8 Å². The normalized spacial score (nSPS) is 12.1. The first-order valence-corrected chi connectivity index (χ1v) is 18.0. The number of aryl methyl sites for hydroxylation is 2. The minimum atomic E-state index is 1.21. The topological polar surface area (TPSA) is 0 Å². The van der Waals surface area contributed by atoms with Crippen molar-refractivity contribution in [3.8, 4) is 20.9 Å². The Bertz CT molecular complexity index is 1780. The van der Waals surface area contributed by atoms with Crippen LogP contribution in [0.4, 0.5) is 0 Å². The Hall–Kier alpha value is -2.50. The molecule has 0 bridgehead atoms. The van der Waals surface area contributed by atoms with Crippen LogP contribution in [0.15, 0.2) is 72.8 Å². The summed E-state index contributed by atoms with van der Waals surface area (Å²) in [6, 6.07) is 28.3. The number of hydrogen-bond acceptors (Lipinski definition) is 4. The maximum Gasteiger partial charge on any atom is 0.0356 e. The van der Waals surface area contributed by atoms with Crippen LogP contribution in [0.3, 0.4) is 0 Å². The molecule has 4 heterocycles. The van der Waals surface area contributed by atoms with Crippen molar-refractivity contribution in [2.75, 3.05) is 0 Å². The van der Waals surface area contributed by atoms with Crippen molar-refractivity contribution < 1.29 is 0 Å². The van der Waals surface area contributed by atoms with Gasteiger partial charge in [0.1, 0.15) is 0 Å². The van der Waals surface area contributed by atoms with E-state index in [-0.39, 0.29) is 0 Å². The van der Waals surface area contributed by atoms with Gasteiger partial charge in [0.2, 0.25) is 0 Å². The van der Waals surface area contributed by atoms with E-state index in [1.807, 2.05) is 45.3 Å². The molecule has 0 aliphatic carbocycles. The summed E-state index contributed by atoms with van der Waals surface area (Å²) in [6.07, 6.45) is 10.2. The van der Waals surface area contributed by atoms with Gasteiger partial charge in [0.05, 0.1) is 0 Å². The van der Waals surface area contributed by atoms with Crippen molar-refractivity contribution in [3.63, 3.8) is 0 Å². The van der Waals surface area contributed by atoms with Gasteiger partial charge in [-0.15, -0.1) is 45.3 Å². The molecule has 0 atom stereocenters. The molecule has 3 aromatic carbocycles. The lowest BCUT2D eigenvalue weighted by Gasteiger charge is -2.00. The predicted molar refractivity (Wildman–Crippen MR) is 185 cm³/mol. The molecule has 0 aliphatic rings. The van der Waals surface area contributed by atoms with Gasteiger partial charge in [-0.05, 0) is 85.3 Å². The van der Waals surface area contributed by atoms with Gasteiger partial charge in [0, 0.05) is 59.9 Å². The highest BCUT2D eigenvalue weighted by Crippen LogP contribution is 2.43. The molecular weight excluding hydrogens is 561 g/mol. The fourth-order valence-electron chi connectivity index (χ4n) is 5.79. The molecule has 4 aromatic heterocycles. The Labute approximate surface area is 252 Å². The molecule has 0 aliphatic heterocycles. The van der Waals surface area contributed by atoms with E-state index < -0.39 is 0 Å². The maximum absolute atomic E-state index is 2.46. The molecule has 0 saturated heterocycles. The third-order valence-corrected chi connectivity index (χ3v) is 12.6. The van der Waals surface area contributed by atoms with Crippen molar-refractivity contribution in [2.24, 2.45) is 0 Å². The number of hydrogen-bond donors (Lipinski definition) is 0. The minimum absolute atomic E-state index is 1.21. The molecule has 202 valence electrons. The lowest BCUT2D eigenvalue weighted by Crippen LogP contribution is -1.78. The van der Waals surface area contributed by atoms with Gasteiger partial charge in [-0.2, -0.15) is 0 Å². The quantitative estimate of drug-likeness (QED) is 0.138. The smallest absolute Gasteiger partial charge is 0.0356 e. The van der Waals surface area contributed by atoms with Gasteiger partial charge in [0.15, 0.2) is 0 Å². The van der Waals surface area contributed by atoms with E-state index in [0.717, 1.165) is 0 Å². The summed E-state index contributed by atoms with van der Waals surface area (Å²) < 4.78 is 5.64. The van der Waals surface area contributed by atoms with Gasteiger partial charge in [-0.25, -0.2) is 0 Å². The molecule has 0 amide bonds. The molecule has 40 heavy (non-hydrogen) atoms. The zero-order valence-electron chi connectivity index (χ0n) is 23.2. The Morgan fingerprint density at radius 2 is 0.800 bits per heavy atom. The minimum Gasteiger partial charge on any atom is -0.140 e. The summed E-state index contributed by atoms with van der Waals surface area (Å²) in [4.78, 5) is 5.78. The van der Waals surface area contributed by atoms with E-state index >= 15 is 0 Å². The van der Waals surface area contributed by atoms with Crippen molar-refractivity contribution in [1.29, 1.82) is 0 Å². The van der Waals surface area contributed by atoms with E-state index in [0.29, 0.717) is 0 Å². The van der Waals surface area contributed by atoms with Crippen molar-refractivity contribution in [3.05, 3.63) is 82.6 Å². The van der Waals surface area contributed by atoms with Gasteiger partial charge in [0.25, 0.3) is 0 Å². The van der Waals surface area contributed by atoms with Crippen molar-refractivity contribution in [1.82, 2.24) is 0 Å². The average molecular weight is 595 g/mol. The van der Waals surface area contributed by atoms with E-state index in [1.165, 1.54) is 122 Å². The van der Waals surface area contributed by atoms with Crippen LogP contribution in [0, 0.1) is 0 Å². The van der Waals surface area contributed by atoms with E-state index in [9.17, 15) is 0 Å². The summed E-state index contributed by atoms with van der Waals surface area (Å²) in [6.45, 7) is 4.56. The number of rotatable bonds is 10. The monoisotopic (exact) mass is 594 g/mol. The first kappa shape index (κ1) is 26.4. The molecule has 0 unspecified atom stereocenters. The second-order valence-electron chi connectivity index (χ2n) is 10.9. The Balaban J connectivity index is 1.16. The standard InChI is InChI=1S/C36H34S4/c1-3-5-7-9-25-19-27-29-21-35(39-33(29)17-15-31(27)37-25)23-11-13-24(14-12-23)36-22-30-28-20-26(10-8-6-4-2)38-32(28)16-18-34(30)40-36/h11-22H,3-10H2,1-2H3. The average Bonchev–Trinajstić information content (AvgIpc) is 3.76. The van der Waals surface area contributed by atoms with E-state index in [2.05, 4.69) is 86.6 Å². The van der Waals surface area contributed by atoms with Crippen LogP contribution >= 0.6 is 45.3 Å². The second-order valence-corrected chi connectivity index (χ2v) is 15.4. The van der Waals surface area contributed by atoms with Crippen LogP contribution in [0.1, 0.15) is 62.1 Å². The van der Waals surface area contributed by atoms with Gasteiger partial charge < -0.3 is 0 Å². The van der Waals surface area contributed by atoms with Gasteiger partial charge in [-0.1, -0.05) is 63.8 Å².